The number of rotatable bonds is 6. The second-order valence-corrected chi connectivity index (χ2v) is 10.6. The molecule has 2 aromatic carbocycles. The lowest BCUT2D eigenvalue weighted by Crippen LogP contribution is -2.31. The zero-order valence-corrected chi connectivity index (χ0v) is 22.1. The molecule has 1 fully saturated rings. The quantitative estimate of drug-likeness (QED) is 0.333. The number of ether oxygens (including phenoxy) is 2. The summed E-state index contributed by atoms with van der Waals surface area (Å²) >= 11 is 1.22. The van der Waals surface area contributed by atoms with Gasteiger partial charge in [0.25, 0.3) is 10.1 Å². The minimum atomic E-state index is -4.02. The molecule has 0 bridgehead atoms. The minimum Gasteiger partial charge on any atom is -0.461 e. The number of nitrogen functional groups attached to an aromatic ring is 1. The Morgan fingerprint density at radius 3 is 2.43 bits per heavy atom. The van der Waals surface area contributed by atoms with Crippen LogP contribution in [0.25, 0.3) is 0 Å². The van der Waals surface area contributed by atoms with Gasteiger partial charge in [-0.3, -0.25) is 9.45 Å². The number of amides is 1. The van der Waals surface area contributed by atoms with Gasteiger partial charge in [0.1, 0.15) is 16.6 Å². The smallest absolute Gasteiger partial charge is 0.410 e. The lowest BCUT2D eigenvalue weighted by atomic mass is 10.2. The number of anilines is 1. The number of likely N-dealkylation sites (tertiary alicyclic amines) is 1. The number of esters is 1. The Labute approximate surface area is 219 Å². The van der Waals surface area contributed by atoms with Crippen molar-refractivity contribution < 1.29 is 32.0 Å². The maximum atomic E-state index is 12.5. The van der Waals surface area contributed by atoms with E-state index in [9.17, 15) is 18.0 Å². The van der Waals surface area contributed by atoms with Crippen LogP contribution in [0, 0.1) is 6.92 Å². The molecule has 1 atom stereocenters. The van der Waals surface area contributed by atoms with Crippen molar-refractivity contribution in [3.63, 3.8) is 0 Å². The molecule has 2 heterocycles. The fraction of sp³-hybridized carbons (Fsp3) is 0.320. The molecule has 0 aliphatic carbocycles. The summed E-state index contributed by atoms with van der Waals surface area (Å²) in [5, 5.41) is 0.947. The van der Waals surface area contributed by atoms with Crippen molar-refractivity contribution in [3.05, 3.63) is 76.4 Å². The fourth-order valence-electron chi connectivity index (χ4n) is 3.59. The molecule has 0 radical (unpaired) electrons. The summed E-state index contributed by atoms with van der Waals surface area (Å²) in [7, 11) is -4.02. The van der Waals surface area contributed by atoms with E-state index in [1.807, 2.05) is 37.3 Å². The number of aryl methyl sites for hydroxylation is 1. The van der Waals surface area contributed by atoms with Crippen molar-refractivity contribution in [2.45, 2.75) is 44.2 Å². The number of nitrogens with two attached hydrogens (primary N) is 1. The number of nitrogens with zero attached hydrogens (tertiary/aromatic N) is 2. The van der Waals surface area contributed by atoms with Crippen LogP contribution in [0.5, 0.6) is 0 Å². The highest BCUT2D eigenvalue weighted by Gasteiger charge is 2.34. The van der Waals surface area contributed by atoms with Crippen molar-refractivity contribution in [1.82, 2.24) is 9.88 Å². The number of hydrogen-bond acceptors (Lipinski definition) is 9. The van der Waals surface area contributed by atoms with Crippen LogP contribution < -0.4 is 5.73 Å². The summed E-state index contributed by atoms with van der Waals surface area (Å²) in [5.41, 5.74) is 7.92. The highest BCUT2D eigenvalue weighted by atomic mass is 32.2. The van der Waals surface area contributed by atoms with Crippen molar-refractivity contribution in [3.8, 4) is 0 Å². The zero-order chi connectivity index (χ0) is 27.0. The molecule has 3 N–H and O–H groups in total. The number of thiazole rings is 1. The standard InChI is InChI=1S/C18H21N3O4S.C7H8O3S/c1-2-24-17(22)14-15(19)26-16(20-14)13-9-6-10-21(13)18(23)25-11-12-7-4-3-5-8-12;1-6-2-4-7(5-3-6)11(8,9)10/h3-5,7-8,13H,2,6,9-11,19H2,1H3;2-5H,1H3,(H,8,9,10)/t13-;/m1./s1. The van der Waals surface area contributed by atoms with Crippen LogP contribution in [-0.2, 0) is 26.2 Å². The fourth-order valence-corrected chi connectivity index (χ4v) is 5.04. The predicted octanol–water partition coefficient (Wildman–Crippen LogP) is 4.62. The van der Waals surface area contributed by atoms with Crippen LogP contribution in [0.1, 0.15) is 52.4 Å². The number of benzene rings is 2. The van der Waals surface area contributed by atoms with Gasteiger partial charge in [-0.2, -0.15) is 8.42 Å². The Bertz CT molecular complexity index is 1310. The Morgan fingerprint density at radius 2 is 1.81 bits per heavy atom. The first kappa shape index (κ1) is 28.1. The average molecular weight is 548 g/mol. The third kappa shape index (κ3) is 7.75. The van der Waals surface area contributed by atoms with Gasteiger partial charge < -0.3 is 15.2 Å². The van der Waals surface area contributed by atoms with Gasteiger partial charge in [0.2, 0.25) is 0 Å². The molecule has 1 aliphatic rings. The number of carbonyl (C=O) groups is 2. The van der Waals surface area contributed by atoms with E-state index >= 15 is 0 Å². The van der Waals surface area contributed by atoms with E-state index in [0.29, 0.717) is 16.6 Å². The van der Waals surface area contributed by atoms with E-state index in [-0.39, 0.29) is 35.9 Å². The third-order valence-corrected chi connectivity index (χ3v) is 7.29. The normalized spacial score (nSPS) is 15.0. The SMILES string of the molecule is CCOC(=O)c1nc([C@H]2CCCN2C(=O)OCc2ccccc2)sc1N.Cc1ccc(S(=O)(=O)O)cc1. The molecule has 4 rings (SSSR count). The molecule has 1 amide bonds. The molecule has 1 saturated heterocycles. The topological polar surface area (TPSA) is 149 Å². The van der Waals surface area contributed by atoms with E-state index in [2.05, 4.69) is 4.98 Å². The van der Waals surface area contributed by atoms with E-state index in [1.54, 1.807) is 24.0 Å². The molecule has 0 spiro atoms. The zero-order valence-electron chi connectivity index (χ0n) is 20.5. The first-order valence-electron chi connectivity index (χ1n) is 11.5. The summed E-state index contributed by atoms with van der Waals surface area (Å²) in [6, 6.07) is 15.3. The van der Waals surface area contributed by atoms with Crippen molar-refractivity contribution >= 4 is 38.5 Å². The molecule has 0 saturated carbocycles. The second kappa shape index (κ2) is 12.7. The number of hydrogen-bond donors (Lipinski definition) is 2. The van der Waals surface area contributed by atoms with Crippen LogP contribution in [0.3, 0.4) is 0 Å². The maximum absolute atomic E-state index is 12.5. The van der Waals surface area contributed by atoms with E-state index in [0.717, 1.165) is 24.0 Å². The Morgan fingerprint density at radius 1 is 1.14 bits per heavy atom. The Kier molecular flexibility index (Phi) is 9.61. The summed E-state index contributed by atoms with van der Waals surface area (Å²) in [6.45, 7) is 4.63. The first-order valence-corrected chi connectivity index (χ1v) is 13.8. The van der Waals surface area contributed by atoms with Gasteiger partial charge in [0, 0.05) is 6.54 Å². The van der Waals surface area contributed by atoms with Crippen LogP contribution in [0.4, 0.5) is 9.80 Å². The minimum absolute atomic E-state index is 0.0666. The summed E-state index contributed by atoms with van der Waals surface area (Å²) in [4.78, 5) is 30.3. The lowest BCUT2D eigenvalue weighted by Gasteiger charge is -2.22. The molecule has 1 aromatic heterocycles. The molecule has 0 unspecified atom stereocenters. The Balaban J connectivity index is 0.000000289. The van der Waals surface area contributed by atoms with E-state index < -0.39 is 16.1 Å². The van der Waals surface area contributed by atoms with E-state index in [4.69, 9.17) is 19.8 Å². The van der Waals surface area contributed by atoms with Crippen LogP contribution >= 0.6 is 11.3 Å². The van der Waals surface area contributed by atoms with Gasteiger partial charge in [0.15, 0.2) is 5.69 Å². The highest BCUT2D eigenvalue weighted by Crippen LogP contribution is 2.37. The molecule has 12 heteroatoms. The molecule has 10 nitrogen and oxygen atoms in total. The summed E-state index contributed by atoms with van der Waals surface area (Å²) < 4.78 is 39.9. The van der Waals surface area contributed by atoms with Gasteiger partial charge >= 0.3 is 12.1 Å². The monoisotopic (exact) mass is 547 g/mol. The molecular formula is C25H29N3O7S2. The predicted molar refractivity (Wildman–Crippen MR) is 139 cm³/mol. The van der Waals surface area contributed by atoms with Crippen molar-refractivity contribution in [2.75, 3.05) is 18.9 Å². The number of carbonyl (C=O) groups excluding carboxylic acids is 2. The summed E-state index contributed by atoms with van der Waals surface area (Å²) in [6.07, 6.45) is 1.22. The highest BCUT2D eigenvalue weighted by molar-refractivity contribution is 7.85. The van der Waals surface area contributed by atoms with Crippen LogP contribution in [0.15, 0.2) is 59.5 Å². The van der Waals surface area contributed by atoms with Crippen LogP contribution in [0.2, 0.25) is 0 Å². The Hall–Kier alpha value is -3.48. The number of aromatic nitrogens is 1. The van der Waals surface area contributed by atoms with Gasteiger partial charge in [-0.1, -0.05) is 59.4 Å². The summed E-state index contributed by atoms with van der Waals surface area (Å²) in [5.74, 6) is -0.538. The third-order valence-electron chi connectivity index (χ3n) is 5.44. The van der Waals surface area contributed by atoms with Gasteiger partial charge in [0.05, 0.1) is 17.5 Å². The van der Waals surface area contributed by atoms with E-state index in [1.165, 1.54) is 23.5 Å². The van der Waals surface area contributed by atoms with Gasteiger partial charge in [-0.05, 0) is 44.4 Å². The van der Waals surface area contributed by atoms with Gasteiger partial charge in [-0.25, -0.2) is 14.6 Å². The lowest BCUT2D eigenvalue weighted by molar-refractivity contribution is 0.0521. The largest absolute Gasteiger partial charge is 0.461 e. The van der Waals surface area contributed by atoms with Crippen LogP contribution in [-0.4, -0.2) is 48.1 Å². The molecular weight excluding hydrogens is 518 g/mol. The molecule has 3 aromatic rings. The average Bonchev–Trinajstić information content (AvgIpc) is 3.50. The van der Waals surface area contributed by atoms with Gasteiger partial charge in [-0.15, -0.1) is 0 Å². The second-order valence-electron chi connectivity index (χ2n) is 8.17. The van der Waals surface area contributed by atoms with Crippen molar-refractivity contribution in [2.24, 2.45) is 0 Å². The molecule has 37 heavy (non-hydrogen) atoms. The maximum Gasteiger partial charge on any atom is 0.410 e. The molecule has 1 aliphatic heterocycles. The first-order chi connectivity index (χ1) is 17.6. The van der Waals surface area contributed by atoms with Crippen molar-refractivity contribution in [1.29, 1.82) is 0 Å². The molecule has 198 valence electrons.